The van der Waals surface area contributed by atoms with Crippen LogP contribution in [0.5, 0.6) is 0 Å². The Morgan fingerprint density at radius 1 is 1.08 bits per heavy atom. The minimum atomic E-state index is -0.299. The summed E-state index contributed by atoms with van der Waals surface area (Å²) in [4.78, 5) is 18.3. The first-order chi connectivity index (χ1) is 17.5. The highest BCUT2D eigenvalue weighted by molar-refractivity contribution is 9.10. The molecule has 0 saturated heterocycles. The van der Waals surface area contributed by atoms with Crippen LogP contribution in [-0.4, -0.2) is 20.4 Å². The summed E-state index contributed by atoms with van der Waals surface area (Å²) < 4.78 is 10.2. The standard InChI is InChI=1S/C28H18BrN5O2/c1-17-22(20-6-3-5-9-24(20)33(17)13-12-30)16-31-34-27(32-23-8-4-2-7-21(23)28(34)35)26-15-18-14-19(29)10-11-25(18)36-26/h2-11,14-16H,13H2,1H3. The monoisotopic (exact) mass is 535 g/mol. The van der Waals surface area contributed by atoms with Gasteiger partial charge in [-0.25, -0.2) is 4.98 Å². The van der Waals surface area contributed by atoms with E-state index in [1.807, 2.05) is 66.1 Å². The molecular formula is C28H18BrN5O2. The van der Waals surface area contributed by atoms with Crippen molar-refractivity contribution in [1.29, 1.82) is 5.26 Å². The zero-order valence-electron chi connectivity index (χ0n) is 19.1. The summed E-state index contributed by atoms with van der Waals surface area (Å²) in [6.45, 7) is 2.16. The molecule has 0 fully saturated rings. The van der Waals surface area contributed by atoms with Crippen LogP contribution in [0.1, 0.15) is 11.3 Å². The molecule has 7 nitrogen and oxygen atoms in total. The van der Waals surface area contributed by atoms with Gasteiger partial charge in [-0.2, -0.15) is 15.0 Å². The molecule has 0 saturated carbocycles. The molecule has 0 radical (unpaired) electrons. The van der Waals surface area contributed by atoms with Crippen LogP contribution in [0.3, 0.4) is 0 Å². The van der Waals surface area contributed by atoms with E-state index < -0.39 is 0 Å². The minimum absolute atomic E-state index is 0.220. The number of aromatic nitrogens is 3. The maximum Gasteiger partial charge on any atom is 0.282 e. The Labute approximate surface area is 213 Å². The fraction of sp³-hybridized carbons (Fsp3) is 0.0714. The molecule has 0 aliphatic heterocycles. The molecule has 6 aromatic rings. The number of halogens is 1. The van der Waals surface area contributed by atoms with E-state index in [-0.39, 0.29) is 12.1 Å². The lowest BCUT2D eigenvalue weighted by Crippen LogP contribution is -2.20. The summed E-state index contributed by atoms with van der Waals surface area (Å²) in [6, 6.07) is 24.8. The van der Waals surface area contributed by atoms with Crippen molar-refractivity contribution in [3.8, 4) is 17.7 Å². The second-order valence-corrected chi connectivity index (χ2v) is 9.28. The van der Waals surface area contributed by atoms with Crippen LogP contribution in [0, 0.1) is 18.3 Å². The van der Waals surface area contributed by atoms with Gasteiger partial charge in [0.15, 0.2) is 5.76 Å². The Morgan fingerprint density at radius 2 is 1.86 bits per heavy atom. The third-order valence-corrected chi connectivity index (χ3v) is 6.76. The van der Waals surface area contributed by atoms with E-state index in [4.69, 9.17) is 9.40 Å². The highest BCUT2D eigenvalue weighted by atomic mass is 79.9. The Kier molecular flexibility index (Phi) is 5.28. The van der Waals surface area contributed by atoms with Crippen molar-refractivity contribution in [3.63, 3.8) is 0 Å². The molecule has 0 amide bonds. The number of nitriles is 1. The van der Waals surface area contributed by atoms with Gasteiger partial charge < -0.3 is 8.98 Å². The van der Waals surface area contributed by atoms with Gasteiger partial charge in [-0.05, 0) is 49.4 Å². The first-order valence-electron chi connectivity index (χ1n) is 11.3. The van der Waals surface area contributed by atoms with Gasteiger partial charge in [-0.3, -0.25) is 4.79 Å². The lowest BCUT2D eigenvalue weighted by molar-refractivity contribution is 0.616. The van der Waals surface area contributed by atoms with Gasteiger partial charge in [0.25, 0.3) is 5.56 Å². The lowest BCUT2D eigenvalue weighted by Gasteiger charge is -2.07. The Balaban J connectivity index is 1.59. The largest absolute Gasteiger partial charge is 0.453 e. The average molecular weight is 536 g/mol. The Bertz CT molecular complexity index is 1940. The number of benzene rings is 3. The predicted molar refractivity (Wildman–Crippen MR) is 144 cm³/mol. The summed E-state index contributed by atoms with van der Waals surface area (Å²) in [5.41, 5.74) is 3.60. The predicted octanol–water partition coefficient (Wildman–Crippen LogP) is 6.24. The first kappa shape index (κ1) is 22.0. The van der Waals surface area contributed by atoms with Gasteiger partial charge in [0.1, 0.15) is 12.1 Å². The third-order valence-electron chi connectivity index (χ3n) is 6.26. The first-order valence-corrected chi connectivity index (χ1v) is 12.0. The molecule has 174 valence electrons. The Hall–Kier alpha value is -4.48. The van der Waals surface area contributed by atoms with E-state index >= 15 is 0 Å². The van der Waals surface area contributed by atoms with Crippen molar-refractivity contribution in [2.75, 3.05) is 0 Å². The second kappa shape index (κ2) is 8.63. The van der Waals surface area contributed by atoms with Gasteiger partial charge >= 0.3 is 0 Å². The average Bonchev–Trinajstić information content (AvgIpc) is 3.42. The van der Waals surface area contributed by atoms with E-state index in [9.17, 15) is 10.1 Å². The summed E-state index contributed by atoms with van der Waals surface area (Å²) in [5.74, 6) is 0.743. The van der Waals surface area contributed by atoms with E-state index in [2.05, 4.69) is 27.1 Å². The topological polar surface area (TPSA) is 89.1 Å². The zero-order chi connectivity index (χ0) is 24.8. The molecule has 0 spiro atoms. The number of furan rings is 1. The molecule has 0 unspecified atom stereocenters. The summed E-state index contributed by atoms with van der Waals surface area (Å²) >= 11 is 3.49. The fourth-order valence-corrected chi connectivity index (χ4v) is 4.90. The van der Waals surface area contributed by atoms with Crippen LogP contribution >= 0.6 is 15.9 Å². The molecule has 0 N–H and O–H groups in total. The SMILES string of the molecule is Cc1c(C=Nn2c(-c3cc4cc(Br)ccc4o3)nc3ccccc3c2=O)c2ccccc2n1CC#N. The lowest BCUT2D eigenvalue weighted by atomic mass is 10.1. The van der Waals surface area contributed by atoms with E-state index in [1.54, 1.807) is 24.4 Å². The number of nitrogens with zero attached hydrogens (tertiary/aromatic N) is 5. The third kappa shape index (κ3) is 3.53. The molecule has 0 bridgehead atoms. The van der Waals surface area contributed by atoms with Gasteiger partial charge in [0, 0.05) is 32.0 Å². The maximum atomic E-state index is 13.6. The number of para-hydroxylation sites is 2. The normalized spacial score (nSPS) is 11.7. The smallest absolute Gasteiger partial charge is 0.282 e. The molecule has 8 heteroatoms. The molecule has 3 aromatic carbocycles. The van der Waals surface area contributed by atoms with E-state index in [1.165, 1.54) is 4.68 Å². The minimum Gasteiger partial charge on any atom is -0.453 e. The van der Waals surface area contributed by atoms with Crippen molar-refractivity contribution in [2.45, 2.75) is 13.5 Å². The van der Waals surface area contributed by atoms with Gasteiger partial charge in [0.05, 0.1) is 23.2 Å². The highest BCUT2D eigenvalue weighted by Crippen LogP contribution is 2.29. The summed E-state index contributed by atoms with van der Waals surface area (Å²) in [7, 11) is 0. The second-order valence-electron chi connectivity index (χ2n) is 8.37. The van der Waals surface area contributed by atoms with Crippen LogP contribution in [0.2, 0.25) is 0 Å². The molecule has 6 rings (SSSR count). The Morgan fingerprint density at radius 3 is 2.69 bits per heavy atom. The van der Waals surface area contributed by atoms with Gasteiger partial charge in [-0.15, -0.1) is 0 Å². The van der Waals surface area contributed by atoms with Crippen LogP contribution < -0.4 is 5.56 Å². The highest BCUT2D eigenvalue weighted by Gasteiger charge is 2.17. The summed E-state index contributed by atoms with van der Waals surface area (Å²) in [6.07, 6.45) is 1.66. The van der Waals surface area contributed by atoms with Crippen molar-refractivity contribution in [2.24, 2.45) is 5.10 Å². The number of rotatable bonds is 4. The van der Waals surface area contributed by atoms with Crippen LogP contribution in [0.25, 0.3) is 44.4 Å². The van der Waals surface area contributed by atoms with Crippen LogP contribution in [0.4, 0.5) is 0 Å². The molecule has 0 aliphatic carbocycles. The number of hydrogen-bond acceptors (Lipinski definition) is 5. The van der Waals surface area contributed by atoms with Crippen LogP contribution in [-0.2, 0) is 6.54 Å². The van der Waals surface area contributed by atoms with Crippen molar-refractivity contribution in [3.05, 3.63) is 98.9 Å². The van der Waals surface area contributed by atoms with Gasteiger partial charge in [0.2, 0.25) is 5.82 Å². The number of fused-ring (bicyclic) bond motifs is 3. The zero-order valence-corrected chi connectivity index (χ0v) is 20.7. The fourth-order valence-electron chi connectivity index (χ4n) is 4.53. The molecular weight excluding hydrogens is 518 g/mol. The van der Waals surface area contributed by atoms with Crippen molar-refractivity contribution in [1.82, 2.24) is 14.2 Å². The van der Waals surface area contributed by atoms with Crippen molar-refractivity contribution < 1.29 is 4.42 Å². The molecule has 0 aliphatic rings. The molecule has 0 atom stereocenters. The molecule has 3 aromatic heterocycles. The summed E-state index contributed by atoms with van der Waals surface area (Å²) in [5, 5.41) is 16.2. The molecule has 3 heterocycles. The molecule has 36 heavy (non-hydrogen) atoms. The van der Waals surface area contributed by atoms with Crippen molar-refractivity contribution >= 4 is 54.9 Å². The van der Waals surface area contributed by atoms with Crippen LogP contribution in [0.15, 0.2) is 91.6 Å². The van der Waals surface area contributed by atoms with E-state index in [0.717, 1.165) is 32.0 Å². The maximum absolute atomic E-state index is 13.6. The van der Waals surface area contributed by atoms with E-state index in [0.29, 0.717) is 28.1 Å². The quantitative estimate of drug-likeness (QED) is 0.250. The number of hydrogen-bond donors (Lipinski definition) is 0. The van der Waals surface area contributed by atoms with Gasteiger partial charge in [-0.1, -0.05) is 46.3 Å².